The van der Waals surface area contributed by atoms with E-state index in [1.54, 1.807) is 18.2 Å². The molecule has 1 heterocycles. The number of fused-ring (bicyclic) bond motifs is 1. The van der Waals surface area contributed by atoms with Crippen molar-refractivity contribution in [2.24, 2.45) is 0 Å². The molecule has 4 rings (SSSR count). The number of amides is 1. The van der Waals surface area contributed by atoms with Crippen molar-refractivity contribution < 1.29 is 18.7 Å². The van der Waals surface area contributed by atoms with Crippen LogP contribution in [-0.2, 0) is 0 Å². The molecule has 0 aliphatic rings. The minimum Gasteiger partial charge on any atom is -0.496 e. The highest BCUT2D eigenvalue weighted by Crippen LogP contribution is 2.32. The Morgan fingerprint density at radius 2 is 1.72 bits per heavy atom. The largest absolute Gasteiger partial charge is 0.496 e. The van der Waals surface area contributed by atoms with Crippen LogP contribution in [0.4, 0.5) is 5.69 Å². The molecule has 0 saturated carbocycles. The van der Waals surface area contributed by atoms with Crippen molar-refractivity contribution >= 4 is 22.7 Å². The Balaban J connectivity index is 1.68. The molecule has 164 valence electrons. The maximum atomic E-state index is 13.1. The van der Waals surface area contributed by atoms with Crippen LogP contribution in [0, 0.1) is 6.92 Å². The third-order valence-electron chi connectivity index (χ3n) is 5.47. The van der Waals surface area contributed by atoms with Gasteiger partial charge in [-0.15, -0.1) is 0 Å². The molecular formula is C26H26N2O4. The van der Waals surface area contributed by atoms with Crippen molar-refractivity contribution in [3.63, 3.8) is 0 Å². The summed E-state index contributed by atoms with van der Waals surface area (Å²) >= 11 is 0. The first-order chi connectivity index (χ1) is 15.4. The molecule has 32 heavy (non-hydrogen) atoms. The topological polar surface area (TPSA) is 73.6 Å². The van der Waals surface area contributed by atoms with E-state index >= 15 is 0 Å². The number of anilines is 1. The minimum atomic E-state index is -0.321. The molecule has 0 atom stereocenters. The van der Waals surface area contributed by atoms with Crippen molar-refractivity contribution in [2.45, 2.75) is 26.7 Å². The number of benzene rings is 3. The van der Waals surface area contributed by atoms with Gasteiger partial charge in [-0.25, -0.2) is 4.98 Å². The van der Waals surface area contributed by atoms with Crippen LogP contribution in [-0.4, -0.2) is 25.1 Å². The number of oxazole rings is 1. The van der Waals surface area contributed by atoms with Crippen molar-refractivity contribution in [1.29, 1.82) is 0 Å². The fourth-order valence-corrected chi connectivity index (χ4v) is 3.58. The van der Waals surface area contributed by atoms with E-state index in [4.69, 9.17) is 13.9 Å². The minimum absolute atomic E-state index is 0.321. The number of nitrogens with one attached hydrogen (secondary N) is 1. The van der Waals surface area contributed by atoms with Gasteiger partial charge in [-0.3, -0.25) is 4.79 Å². The molecule has 0 aliphatic carbocycles. The predicted octanol–water partition coefficient (Wildman–Crippen LogP) is 6.20. The number of hydrogen-bond donors (Lipinski definition) is 1. The van der Waals surface area contributed by atoms with Crippen LogP contribution in [0.1, 0.15) is 41.3 Å². The first kappa shape index (κ1) is 21.4. The number of aryl methyl sites for hydroxylation is 1. The zero-order valence-corrected chi connectivity index (χ0v) is 18.9. The third-order valence-corrected chi connectivity index (χ3v) is 5.47. The van der Waals surface area contributed by atoms with Gasteiger partial charge in [-0.05, 0) is 60.4 Å². The molecule has 6 nitrogen and oxygen atoms in total. The molecule has 0 unspecified atom stereocenters. The number of carbonyl (C=O) groups is 1. The second kappa shape index (κ2) is 8.75. The normalized spacial score (nSPS) is 11.1. The van der Waals surface area contributed by atoms with E-state index in [0.717, 1.165) is 22.2 Å². The number of nitrogens with zero attached hydrogens (tertiary/aromatic N) is 1. The lowest BCUT2D eigenvalue weighted by Gasteiger charge is -2.14. The van der Waals surface area contributed by atoms with Gasteiger partial charge in [0.1, 0.15) is 22.6 Å². The van der Waals surface area contributed by atoms with Gasteiger partial charge in [0.25, 0.3) is 5.91 Å². The summed E-state index contributed by atoms with van der Waals surface area (Å²) in [4.78, 5) is 17.8. The van der Waals surface area contributed by atoms with E-state index in [2.05, 4.69) is 36.3 Å². The summed E-state index contributed by atoms with van der Waals surface area (Å²) in [5.41, 5.74) is 5.44. The zero-order valence-electron chi connectivity index (χ0n) is 18.9. The molecule has 0 saturated heterocycles. The Bertz CT molecular complexity index is 1270. The summed E-state index contributed by atoms with van der Waals surface area (Å²) in [6.45, 7) is 6.22. The first-order valence-electron chi connectivity index (χ1n) is 10.4. The molecule has 0 fully saturated rings. The van der Waals surface area contributed by atoms with Gasteiger partial charge in [0, 0.05) is 11.3 Å². The average Bonchev–Trinajstić information content (AvgIpc) is 3.23. The molecule has 0 bridgehead atoms. The Hall–Kier alpha value is -3.80. The highest BCUT2D eigenvalue weighted by Gasteiger charge is 2.19. The van der Waals surface area contributed by atoms with Gasteiger partial charge in [-0.2, -0.15) is 0 Å². The highest BCUT2D eigenvalue weighted by molar-refractivity contribution is 6.08. The first-order valence-corrected chi connectivity index (χ1v) is 10.4. The fourth-order valence-electron chi connectivity index (χ4n) is 3.58. The average molecular weight is 431 g/mol. The van der Waals surface area contributed by atoms with E-state index in [1.807, 2.05) is 31.2 Å². The Labute approximate surface area is 187 Å². The van der Waals surface area contributed by atoms with Crippen molar-refractivity contribution in [2.75, 3.05) is 19.5 Å². The van der Waals surface area contributed by atoms with Gasteiger partial charge in [-0.1, -0.05) is 32.0 Å². The molecule has 1 amide bonds. The number of rotatable bonds is 6. The summed E-state index contributed by atoms with van der Waals surface area (Å²) in [5, 5.41) is 2.98. The monoisotopic (exact) mass is 430 g/mol. The molecule has 1 aromatic heterocycles. The molecular weight excluding hydrogens is 404 g/mol. The van der Waals surface area contributed by atoms with Crippen molar-refractivity contribution in [3.8, 4) is 23.0 Å². The number of methoxy groups -OCH3 is 2. The lowest BCUT2D eigenvalue weighted by molar-refractivity contribution is 0.102. The maximum Gasteiger partial charge on any atom is 0.263 e. The molecule has 0 radical (unpaired) electrons. The van der Waals surface area contributed by atoms with Crippen molar-refractivity contribution in [1.82, 2.24) is 4.98 Å². The summed E-state index contributed by atoms with van der Waals surface area (Å²) in [5.74, 6) is 1.48. The lowest BCUT2D eigenvalue weighted by Crippen LogP contribution is -2.15. The smallest absolute Gasteiger partial charge is 0.263 e. The zero-order chi connectivity index (χ0) is 22.8. The number of aromatic nitrogens is 1. The van der Waals surface area contributed by atoms with Gasteiger partial charge in [0.15, 0.2) is 5.58 Å². The quantitative estimate of drug-likeness (QED) is 0.394. The third kappa shape index (κ3) is 4.04. The second-order valence-electron chi connectivity index (χ2n) is 7.92. The summed E-state index contributed by atoms with van der Waals surface area (Å²) < 4.78 is 16.7. The number of hydrogen-bond acceptors (Lipinski definition) is 5. The second-order valence-corrected chi connectivity index (χ2v) is 7.92. The van der Waals surface area contributed by atoms with Gasteiger partial charge in [0.2, 0.25) is 5.89 Å². The molecule has 6 heteroatoms. The summed E-state index contributed by atoms with van der Waals surface area (Å²) in [6.07, 6.45) is 0. The molecule has 1 N–H and O–H groups in total. The van der Waals surface area contributed by atoms with Crippen LogP contribution in [0.2, 0.25) is 0 Å². The van der Waals surface area contributed by atoms with E-state index in [9.17, 15) is 4.79 Å². The SMILES string of the molecule is COc1cccc(OC)c1C(=O)Nc1cc(-c2nc3cc(C(C)C)ccc3o2)ccc1C. The highest BCUT2D eigenvalue weighted by atomic mass is 16.5. The van der Waals surface area contributed by atoms with Crippen LogP contribution in [0.25, 0.3) is 22.6 Å². The van der Waals surface area contributed by atoms with E-state index < -0.39 is 0 Å². The van der Waals surface area contributed by atoms with Crippen LogP contribution < -0.4 is 14.8 Å². The Kier molecular flexibility index (Phi) is 5.86. The summed E-state index contributed by atoms with van der Waals surface area (Å²) in [6, 6.07) is 17.0. The van der Waals surface area contributed by atoms with Crippen LogP contribution in [0.3, 0.4) is 0 Å². The fraction of sp³-hybridized carbons (Fsp3) is 0.231. The van der Waals surface area contributed by atoms with Gasteiger partial charge in [0.05, 0.1) is 14.2 Å². The standard InChI is InChI=1S/C26H26N2O4/c1-15(2)17-11-12-21-20(13-17)28-26(32-21)18-10-9-16(3)19(14-18)27-25(29)24-22(30-4)7-6-8-23(24)31-5/h6-15H,1-5H3,(H,27,29). The van der Waals surface area contributed by atoms with Gasteiger partial charge >= 0.3 is 0 Å². The maximum absolute atomic E-state index is 13.1. The van der Waals surface area contributed by atoms with Crippen LogP contribution in [0.5, 0.6) is 11.5 Å². The van der Waals surface area contributed by atoms with E-state index in [-0.39, 0.29) is 5.91 Å². The van der Waals surface area contributed by atoms with E-state index in [0.29, 0.717) is 34.6 Å². The van der Waals surface area contributed by atoms with Crippen molar-refractivity contribution in [3.05, 3.63) is 71.3 Å². The molecule has 4 aromatic rings. The number of ether oxygens (including phenoxy) is 2. The number of carbonyl (C=O) groups excluding carboxylic acids is 1. The lowest BCUT2D eigenvalue weighted by atomic mass is 10.0. The van der Waals surface area contributed by atoms with Gasteiger partial charge < -0.3 is 19.2 Å². The Morgan fingerprint density at radius 1 is 1.00 bits per heavy atom. The van der Waals surface area contributed by atoms with E-state index in [1.165, 1.54) is 19.8 Å². The summed E-state index contributed by atoms with van der Waals surface area (Å²) in [7, 11) is 3.05. The molecule has 0 spiro atoms. The Morgan fingerprint density at radius 3 is 2.38 bits per heavy atom. The van der Waals surface area contributed by atoms with Crippen LogP contribution in [0.15, 0.2) is 59.0 Å². The molecule has 0 aliphatic heterocycles. The van der Waals surface area contributed by atoms with Crippen LogP contribution >= 0.6 is 0 Å². The molecule has 3 aromatic carbocycles. The predicted molar refractivity (Wildman–Crippen MR) is 126 cm³/mol.